The van der Waals surface area contributed by atoms with E-state index in [2.05, 4.69) is 19.2 Å². The number of carbonyl (C=O) groups is 1. The number of hydrogen-bond acceptors (Lipinski definition) is 4. The Morgan fingerprint density at radius 1 is 1.44 bits per heavy atom. The van der Waals surface area contributed by atoms with E-state index in [4.69, 9.17) is 9.15 Å². The molecule has 130 valence electrons. The van der Waals surface area contributed by atoms with Crippen LogP contribution in [-0.4, -0.2) is 13.0 Å². The number of nitriles is 1. The summed E-state index contributed by atoms with van der Waals surface area (Å²) in [6.07, 6.45) is 3.15. The molecule has 1 amide bonds. The van der Waals surface area contributed by atoms with Crippen LogP contribution in [0.5, 0.6) is 5.75 Å². The van der Waals surface area contributed by atoms with Crippen LogP contribution in [0.4, 0.5) is 0 Å². The quantitative estimate of drug-likeness (QED) is 0.639. The van der Waals surface area contributed by atoms with Gasteiger partial charge >= 0.3 is 0 Å². The zero-order valence-electron chi connectivity index (χ0n) is 14.9. The fourth-order valence-corrected chi connectivity index (χ4v) is 2.48. The highest BCUT2D eigenvalue weighted by Gasteiger charge is 2.13. The Labute approximate surface area is 147 Å². The number of methoxy groups -OCH3 is 1. The minimum Gasteiger partial charge on any atom is -0.496 e. The summed E-state index contributed by atoms with van der Waals surface area (Å²) in [5, 5.41) is 12.0. The molecule has 2 rings (SSSR count). The Morgan fingerprint density at radius 3 is 2.76 bits per heavy atom. The third-order valence-electron chi connectivity index (χ3n) is 3.91. The molecule has 0 spiro atoms. The maximum absolute atomic E-state index is 12.3. The minimum atomic E-state index is -0.430. The SMILES string of the molecule is COc1cc(C)c(/C=C(\C#N)C(=O)NCc2ccco2)cc1C(C)C. The van der Waals surface area contributed by atoms with Crippen molar-refractivity contribution in [2.75, 3.05) is 7.11 Å². The summed E-state index contributed by atoms with van der Waals surface area (Å²) < 4.78 is 10.6. The van der Waals surface area contributed by atoms with Crippen LogP contribution in [0, 0.1) is 18.3 Å². The van der Waals surface area contributed by atoms with Gasteiger partial charge in [0.2, 0.25) is 0 Å². The minimum absolute atomic E-state index is 0.0505. The maximum Gasteiger partial charge on any atom is 0.262 e. The Hall–Kier alpha value is -3.00. The summed E-state index contributed by atoms with van der Waals surface area (Å²) in [5.41, 5.74) is 2.85. The standard InChI is InChI=1S/C20H22N2O3/c1-13(2)18-10-15(14(3)8-19(18)24-4)9-16(11-21)20(23)22-12-17-6-5-7-25-17/h5-10,13H,12H2,1-4H3,(H,22,23)/b16-9+. The molecule has 0 radical (unpaired) electrons. The largest absolute Gasteiger partial charge is 0.496 e. The van der Waals surface area contributed by atoms with Crippen molar-refractivity contribution in [3.05, 3.63) is 58.6 Å². The number of nitrogens with one attached hydrogen (secondary N) is 1. The predicted octanol–water partition coefficient (Wildman–Crippen LogP) is 3.94. The predicted molar refractivity (Wildman–Crippen MR) is 96.0 cm³/mol. The first-order valence-corrected chi connectivity index (χ1v) is 8.07. The molecule has 0 saturated carbocycles. The number of carbonyl (C=O) groups excluding carboxylic acids is 1. The van der Waals surface area contributed by atoms with Gasteiger partial charge in [-0.15, -0.1) is 0 Å². The van der Waals surface area contributed by atoms with Crippen LogP contribution in [0.25, 0.3) is 6.08 Å². The van der Waals surface area contributed by atoms with Gasteiger partial charge in [0.15, 0.2) is 0 Å². The second-order valence-corrected chi connectivity index (χ2v) is 6.04. The smallest absolute Gasteiger partial charge is 0.262 e. The Balaban J connectivity index is 2.27. The first kappa shape index (κ1) is 18.3. The Kier molecular flexibility index (Phi) is 6.02. The van der Waals surface area contributed by atoms with E-state index in [0.29, 0.717) is 5.76 Å². The molecule has 0 aliphatic rings. The molecule has 0 unspecified atom stereocenters. The van der Waals surface area contributed by atoms with Crippen molar-refractivity contribution < 1.29 is 13.9 Å². The highest BCUT2D eigenvalue weighted by atomic mass is 16.5. The lowest BCUT2D eigenvalue weighted by Crippen LogP contribution is -2.23. The molecule has 0 saturated heterocycles. The number of benzene rings is 1. The number of furan rings is 1. The monoisotopic (exact) mass is 338 g/mol. The van der Waals surface area contributed by atoms with Gasteiger partial charge in [0.25, 0.3) is 5.91 Å². The summed E-state index contributed by atoms with van der Waals surface area (Å²) in [7, 11) is 1.64. The van der Waals surface area contributed by atoms with Crippen molar-refractivity contribution in [2.45, 2.75) is 33.2 Å². The lowest BCUT2D eigenvalue weighted by atomic mass is 9.95. The van der Waals surface area contributed by atoms with Crippen LogP contribution in [0.1, 0.15) is 42.2 Å². The second kappa shape index (κ2) is 8.20. The summed E-state index contributed by atoms with van der Waals surface area (Å²) in [4.78, 5) is 12.3. The molecule has 0 bridgehead atoms. The first-order chi connectivity index (χ1) is 12.0. The average Bonchev–Trinajstić information content (AvgIpc) is 3.11. The third-order valence-corrected chi connectivity index (χ3v) is 3.91. The van der Waals surface area contributed by atoms with E-state index in [9.17, 15) is 10.1 Å². The highest BCUT2D eigenvalue weighted by molar-refractivity contribution is 6.01. The molecule has 0 fully saturated rings. The van der Waals surface area contributed by atoms with E-state index in [1.807, 2.05) is 25.1 Å². The topological polar surface area (TPSA) is 75.3 Å². The Bertz CT molecular complexity index is 812. The van der Waals surface area contributed by atoms with Crippen molar-refractivity contribution in [1.29, 1.82) is 5.26 Å². The highest BCUT2D eigenvalue weighted by Crippen LogP contribution is 2.30. The van der Waals surface area contributed by atoms with Crippen LogP contribution in [0.15, 0.2) is 40.5 Å². The molecule has 5 heteroatoms. The fourth-order valence-electron chi connectivity index (χ4n) is 2.48. The van der Waals surface area contributed by atoms with E-state index >= 15 is 0 Å². The lowest BCUT2D eigenvalue weighted by molar-refractivity contribution is -0.117. The van der Waals surface area contributed by atoms with E-state index in [1.165, 1.54) is 6.26 Å². The van der Waals surface area contributed by atoms with Gasteiger partial charge in [-0.2, -0.15) is 5.26 Å². The summed E-state index contributed by atoms with van der Waals surface area (Å²) in [6.45, 7) is 6.31. The summed E-state index contributed by atoms with van der Waals surface area (Å²) in [6, 6.07) is 9.38. The van der Waals surface area contributed by atoms with Gasteiger partial charge < -0.3 is 14.5 Å². The fraction of sp³-hybridized carbons (Fsp3) is 0.300. The molecule has 1 N–H and O–H groups in total. The molecule has 25 heavy (non-hydrogen) atoms. The van der Waals surface area contributed by atoms with Crippen molar-refractivity contribution in [1.82, 2.24) is 5.32 Å². The molecule has 1 aromatic carbocycles. The number of hydrogen-bond donors (Lipinski definition) is 1. The zero-order chi connectivity index (χ0) is 18.4. The van der Waals surface area contributed by atoms with E-state index in [-0.39, 0.29) is 18.0 Å². The van der Waals surface area contributed by atoms with Crippen molar-refractivity contribution in [3.63, 3.8) is 0 Å². The molecular formula is C20H22N2O3. The van der Waals surface area contributed by atoms with E-state index < -0.39 is 5.91 Å². The lowest BCUT2D eigenvalue weighted by Gasteiger charge is -2.15. The van der Waals surface area contributed by atoms with Gasteiger partial charge in [0.1, 0.15) is 23.2 Å². The van der Waals surface area contributed by atoms with Crippen LogP contribution in [-0.2, 0) is 11.3 Å². The molecule has 0 atom stereocenters. The number of aryl methyl sites for hydroxylation is 1. The maximum atomic E-state index is 12.3. The van der Waals surface area contributed by atoms with Crippen LogP contribution < -0.4 is 10.1 Å². The van der Waals surface area contributed by atoms with E-state index in [1.54, 1.807) is 25.3 Å². The van der Waals surface area contributed by atoms with Gasteiger partial charge in [0, 0.05) is 0 Å². The molecule has 1 heterocycles. The van der Waals surface area contributed by atoms with Crippen molar-refractivity contribution in [3.8, 4) is 11.8 Å². The van der Waals surface area contributed by atoms with Gasteiger partial charge in [0.05, 0.1) is 19.9 Å². The first-order valence-electron chi connectivity index (χ1n) is 8.07. The normalized spacial score (nSPS) is 11.3. The van der Waals surface area contributed by atoms with Crippen molar-refractivity contribution >= 4 is 12.0 Å². The second-order valence-electron chi connectivity index (χ2n) is 6.04. The summed E-state index contributed by atoms with van der Waals surface area (Å²) >= 11 is 0. The number of nitrogens with zero attached hydrogens (tertiary/aromatic N) is 1. The van der Waals surface area contributed by atoms with Crippen LogP contribution in [0.2, 0.25) is 0 Å². The summed E-state index contributed by atoms with van der Waals surface area (Å²) in [5.74, 6) is 1.28. The number of rotatable bonds is 6. The Morgan fingerprint density at radius 2 is 2.20 bits per heavy atom. The average molecular weight is 338 g/mol. The number of amides is 1. The molecule has 5 nitrogen and oxygen atoms in total. The van der Waals surface area contributed by atoms with Gasteiger partial charge in [-0.25, -0.2) is 0 Å². The number of ether oxygens (including phenoxy) is 1. The van der Waals surface area contributed by atoms with Gasteiger partial charge in [-0.05, 0) is 59.9 Å². The van der Waals surface area contributed by atoms with Crippen molar-refractivity contribution in [2.24, 2.45) is 0 Å². The zero-order valence-corrected chi connectivity index (χ0v) is 14.9. The molecule has 0 aliphatic heterocycles. The van der Waals surface area contributed by atoms with Crippen LogP contribution >= 0.6 is 0 Å². The van der Waals surface area contributed by atoms with Gasteiger partial charge in [-0.1, -0.05) is 13.8 Å². The van der Waals surface area contributed by atoms with Crippen LogP contribution in [0.3, 0.4) is 0 Å². The molecule has 0 aliphatic carbocycles. The van der Waals surface area contributed by atoms with E-state index in [0.717, 1.165) is 22.4 Å². The molecule has 1 aromatic heterocycles. The molecular weight excluding hydrogens is 316 g/mol. The van der Waals surface area contributed by atoms with Gasteiger partial charge in [-0.3, -0.25) is 4.79 Å². The molecule has 2 aromatic rings. The third kappa shape index (κ3) is 4.51.